The van der Waals surface area contributed by atoms with Crippen molar-refractivity contribution in [3.63, 3.8) is 0 Å². The van der Waals surface area contributed by atoms with Crippen LogP contribution in [0, 0.1) is 0 Å². The standard InChI is InChI=1S/C17H24N2O3/c1-16-9-14(22-3)17(2,19(16)15(20)21)12-18(11-16)10-13-7-5-4-6-8-13/h4-8,14H,9-12H2,1-3H3,(H,20,21). The molecule has 0 spiro atoms. The largest absolute Gasteiger partial charge is 0.465 e. The third kappa shape index (κ3) is 2.29. The van der Waals surface area contributed by atoms with Crippen LogP contribution in [0.25, 0.3) is 0 Å². The van der Waals surface area contributed by atoms with E-state index in [4.69, 9.17) is 4.74 Å². The third-order valence-corrected chi connectivity index (χ3v) is 5.20. The smallest absolute Gasteiger partial charge is 0.408 e. The first-order valence-electron chi connectivity index (χ1n) is 7.71. The molecule has 120 valence electrons. The molecule has 1 aromatic carbocycles. The van der Waals surface area contributed by atoms with Gasteiger partial charge in [0.15, 0.2) is 0 Å². The summed E-state index contributed by atoms with van der Waals surface area (Å²) in [5.74, 6) is 0. The molecule has 1 amide bonds. The van der Waals surface area contributed by atoms with Crippen LogP contribution in [-0.4, -0.2) is 58.4 Å². The number of hydrogen-bond donors (Lipinski definition) is 1. The Kier molecular flexibility index (Phi) is 3.65. The van der Waals surface area contributed by atoms with E-state index >= 15 is 0 Å². The van der Waals surface area contributed by atoms with Crippen LogP contribution in [0.2, 0.25) is 0 Å². The molecule has 0 radical (unpaired) electrons. The second-order valence-electron chi connectivity index (χ2n) is 7.03. The number of carbonyl (C=O) groups is 1. The molecule has 0 aliphatic carbocycles. The van der Waals surface area contributed by atoms with Crippen molar-refractivity contribution >= 4 is 6.09 Å². The van der Waals surface area contributed by atoms with Gasteiger partial charge in [0.2, 0.25) is 0 Å². The molecule has 1 N–H and O–H groups in total. The SMILES string of the molecule is COC1CC2(C)CN(Cc3ccccc3)CC1(C)N2C(=O)O. The normalized spacial score (nSPS) is 34.9. The van der Waals surface area contributed by atoms with Crippen molar-refractivity contribution in [2.75, 3.05) is 20.2 Å². The van der Waals surface area contributed by atoms with Crippen LogP contribution in [0.4, 0.5) is 4.79 Å². The van der Waals surface area contributed by atoms with E-state index in [2.05, 4.69) is 17.0 Å². The Morgan fingerprint density at radius 1 is 1.32 bits per heavy atom. The van der Waals surface area contributed by atoms with Gasteiger partial charge in [0.25, 0.3) is 0 Å². The summed E-state index contributed by atoms with van der Waals surface area (Å²) < 4.78 is 5.64. The molecule has 2 aliphatic rings. The van der Waals surface area contributed by atoms with Gasteiger partial charge in [0.1, 0.15) is 0 Å². The summed E-state index contributed by atoms with van der Waals surface area (Å²) in [4.78, 5) is 15.8. The molecule has 2 aliphatic heterocycles. The lowest BCUT2D eigenvalue weighted by atomic mass is 9.94. The lowest BCUT2D eigenvalue weighted by Crippen LogP contribution is -2.68. The number of carboxylic acid groups (broad SMARTS) is 1. The number of benzene rings is 1. The zero-order chi connectivity index (χ0) is 16.0. The van der Waals surface area contributed by atoms with Crippen molar-refractivity contribution in [2.24, 2.45) is 0 Å². The summed E-state index contributed by atoms with van der Waals surface area (Å²) >= 11 is 0. The summed E-state index contributed by atoms with van der Waals surface area (Å²) in [6.45, 7) is 6.33. The molecule has 22 heavy (non-hydrogen) atoms. The Hall–Kier alpha value is -1.59. The van der Waals surface area contributed by atoms with Crippen molar-refractivity contribution in [1.82, 2.24) is 9.80 Å². The van der Waals surface area contributed by atoms with Crippen LogP contribution < -0.4 is 0 Å². The summed E-state index contributed by atoms with van der Waals surface area (Å²) in [6.07, 6.45) is -0.157. The molecule has 2 fully saturated rings. The number of piperazine rings is 1. The van der Waals surface area contributed by atoms with Crippen LogP contribution in [-0.2, 0) is 11.3 Å². The van der Waals surface area contributed by atoms with Gasteiger partial charge >= 0.3 is 6.09 Å². The average Bonchev–Trinajstić information content (AvgIpc) is 2.59. The highest BCUT2D eigenvalue weighted by Crippen LogP contribution is 2.47. The monoisotopic (exact) mass is 304 g/mol. The summed E-state index contributed by atoms with van der Waals surface area (Å²) in [7, 11) is 1.68. The van der Waals surface area contributed by atoms with E-state index in [0.717, 1.165) is 19.5 Å². The first-order valence-corrected chi connectivity index (χ1v) is 7.71. The number of hydrogen-bond acceptors (Lipinski definition) is 3. The lowest BCUT2D eigenvalue weighted by Gasteiger charge is -2.51. The average molecular weight is 304 g/mol. The fourth-order valence-corrected chi connectivity index (χ4v) is 4.51. The van der Waals surface area contributed by atoms with Crippen LogP contribution in [0.15, 0.2) is 30.3 Å². The maximum absolute atomic E-state index is 11.8. The first kappa shape index (κ1) is 15.3. The maximum atomic E-state index is 11.8. The van der Waals surface area contributed by atoms with Crippen LogP contribution in [0.3, 0.4) is 0 Å². The number of fused-ring (bicyclic) bond motifs is 2. The molecular formula is C17H24N2O3. The van der Waals surface area contributed by atoms with Crippen molar-refractivity contribution in [3.8, 4) is 0 Å². The second kappa shape index (κ2) is 5.25. The minimum absolute atomic E-state index is 0.0608. The minimum atomic E-state index is -0.844. The number of likely N-dealkylation sites (tertiary alicyclic amines) is 1. The van der Waals surface area contributed by atoms with Gasteiger partial charge in [-0.05, 0) is 19.4 Å². The van der Waals surface area contributed by atoms with E-state index in [9.17, 15) is 9.90 Å². The van der Waals surface area contributed by atoms with Gasteiger partial charge in [-0.25, -0.2) is 4.79 Å². The Morgan fingerprint density at radius 3 is 2.59 bits per heavy atom. The molecule has 5 heteroatoms. The van der Waals surface area contributed by atoms with E-state index in [1.807, 2.05) is 32.0 Å². The summed E-state index contributed by atoms with van der Waals surface area (Å²) in [5, 5.41) is 9.69. The van der Waals surface area contributed by atoms with E-state index in [0.29, 0.717) is 6.54 Å². The van der Waals surface area contributed by atoms with E-state index in [-0.39, 0.29) is 6.10 Å². The van der Waals surface area contributed by atoms with Gasteiger partial charge in [0.05, 0.1) is 17.2 Å². The van der Waals surface area contributed by atoms with Gasteiger partial charge < -0.3 is 9.84 Å². The zero-order valence-electron chi connectivity index (χ0n) is 13.5. The molecule has 5 nitrogen and oxygen atoms in total. The number of amides is 1. The summed E-state index contributed by atoms with van der Waals surface area (Å²) in [6, 6.07) is 10.3. The van der Waals surface area contributed by atoms with Gasteiger partial charge in [-0.1, -0.05) is 30.3 Å². The zero-order valence-corrected chi connectivity index (χ0v) is 13.5. The van der Waals surface area contributed by atoms with Gasteiger partial charge in [0, 0.05) is 33.2 Å². The number of methoxy groups -OCH3 is 1. The predicted octanol–water partition coefficient (Wildman–Crippen LogP) is 2.42. The van der Waals surface area contributed by atoms with E-state index < -0.39 is 17.2 Å². The number of rotatable bonds is 3. The number of ether oxygens (including phenoxy) is 1. The predicted molar refractivity (Wildman–Crippen MR) is 83.8 cm³/mol. The quantitative estimate of drug-likeness (QED) is 0.932. The second-order valence-corrected chi connectivity index (χ2v) is 7.03. The molecule has 2 heterocycles. The van der Waals surface area contributed by atoms with Gasteiger partial charge in [-0.3, -0.25) is 9.80 Å². The van der Waals surface area contributed by atoms with Gasteiger partial charge in [-0.2, -0.15) is 0 Å². The van der Waals surface area contributed by atoms with E-state index in [1.165, 1.54) is 5.56 Å². The molecular weight excluding hydrogens is 280 g/mol. The molecule has 0 saturated carbocycles. The van der Waals surface area contributed by atoms with Crippen LogP contribution in [0.5, 0.6) is 0 Å². The molecule has 3 rings (SSSR count). The highest BCUT2D eigenvalue weighted by atomic mass is 16.5. The maximum Gasteiger partial charge on any atom is 0.408 e. The Balaban J connectivity index is 1.88. The van der Waals surface area contributed by atoms with Crippen LogP contribution >= 0.6 is 0 Å². The molecule has 2 saturated heterocycles. The number of nitrogens with zero attached hydrogens (tertiary/aromatic N) is 2. The summed E-state index contributed by atoms with van der Waals surface area (Å²) in [5.41, 5.74) is 0.364. The van der Waals surface area contributed by atoms with E-state index in [1.54, 1.807) is 12.0 Å². The molecule has 3 atom stereocenters. The molecule has 0 aromatic heterocycles. The highest BCUT2D eigenvalue weighted by Gasteiger charge is 2.62. The highest BCUT2D eigenvalue weighted by molar-refractivity contribution is 5.69. The first-order chi connectivity index (χ1) is 10.4. The third-order valence-electron chi connectivity index (χ3n) is 5.20. The van der Waals surface area contributed by atoms with Gasteiger partial charge in [-0.15, -0.1) is 0 Å². The van der Waals surface area contributed by atoms with Crippen molar-refractivity contribution in [2.45, 2.75) is 44.0 Å². The Morgan fingerprint density at radius 2 is 2.00 bits per heavy atom. The fraction of sp³-hybridized carbons (Fsp3) is 0.588. The molecule has 3 unspecified atom stereocenters. The minimum Gasteiger partial charge on any atom is -0.465 e. The molecule has 2 bridgehead atoms. The topological polar surface area (TPSA) is 53.0 Å². The van der Waals surface area contributed by atoms with Crippen LogP contribution in [0.1, 0.15) is 25.8 Å². The lowest BCUT2D eigenvalue weighted by molar-refractivity contribution is -0.0544. The Bertz CT molecular complexity index is 564. The molecule has 1 aromatic rings. The fourth-order valence-electron chi connectivity index (χ4n) is 4.51. The van der Waals surface area contributed by atoms with Crippen molar-refractivity contribution in [3.05, 3.63) is 35.9 Å². The van der Waals surface area contributed by atoms with Crippen molar-refractivity contribution < 1.29 is 14.6 Å². The Labute approximate surface area is 131 Å². The van der Waals surface area contributed by atoms with Crippen molar-refractivity contribution in [1.29, 1.82) is 0 Å².